The van der Waals surface area contributed by atoms with Crippen LogP contribution in [0.25, 0.3) is 0 Å². The van der Waals surface area contributed by atoms with Crippen molar-refractivity contribution in [2.24, 2.45) is 0 Å². The fourth-order valence-corrected chi connectivity index (χ4v) is 8.60. The quantitative estimate of drug-likeness (QED) is 0.0309. The number of hydrogen-bond donors (Lipinski definition) is 5. The van der Waals surface area contributed by atoms with Gasteiger partial charge in [0.25, 0.3) is 0 Å². The van der Waals surface area contributed by atoms with E-state index in [1.54, 1.807) is 0 Å². The first-order valence-corrected chi connectivity index (χ1v) is 27.2. The minimum absolute atomic E-state index is 0.365. The molecule has 0 saturated heterocycles. The molecule has 0 fully saturated rings. The second-order valence-corrected chi connectivity index (χ2v) is 18.9. The second-order valence-electron chi connectivity index (χ2n) is 18.9. The molecule has 0 aliphatic rings. The van der Waals surface area contributed by atoms with Crippen LogP contribution in [-0.4, -0.2) is 57.3 Å². The maximum absolute atomic E-state index is 12.6. The smallest absolute Gasteiger partial charge is 0.249 e. The predicted octanol–water partition coefficient (Wildman–Crippen LogP) is 15.5. The molecule has 0 radical (unpaired) electrons. The number of rotatable bonds is 50. The van der Waals surface area contributed by atoms with Crippen molar-refractivity contribution in [1.82, 2.24) is 5.32 Å². The first-order chi connectivity index (χ1) is 30.0. The normalized spacial score (nSPS) is 14.0. The fourth-order valence-electron chi connectivity index (χ4n) is 8.60. The van der Waals surface area contributed by atoms with E-state index in [2.05, 4.69) is 43.5 Å². The van der Waals surface area contributed by atoms with Gasteiger partial charge in [-0.3, -0.25) is 4.79 Å². The van der Waals surface area contributed by atoms with Gasteiger partial charge in [0.05, 0.1) is 18.8 Å². The number of unbranched alkanes of at least 4 members (excludes halogenated alkanes) is 37. The van der Waals surface area contributed by atoms with Crippen LogP contribution < -0.4 is 5.32 Å². The average molecular weight is 862 g/mol. The van der Waals surface area contributed by atoms with Crippen LogP contribution in [0.15, 0.2) is 24.3 Å². The molecule has 0 aromatic heterocycles. The summed E-state index contributed by atoms with van der Waals surface area (Å²) >= 11 is 0. The van der Waals surface area contributed by atoms with E-state index < -0.39 is 36.9 Å². The summed E-state index contributed by atoms with van der Waals surface area (Å²) in [7, 11) is 0. The van der Waals surface area contributed by atoms with Crippen molar-refractivity contribution in [2.45, 2.75) is 314 Å². The lowest BCUT2D eigenvalue weighted by molar-refractivity contribution is -0.132. The van der Waals surface area contributed by atoms with Gasteiger partial charge in [0.1, 0.15) is 12.2 Å². The van der Waals surface area contributed by atoms with E-state index in [0.717, 1.165) is 38.5 Å². The number of aliphatic hydroxyl groups excluding tert-OH is 4. The zero-order valence-electron chi connectivity index (χ0n) is 40.9. The molecule has 4 atom stereocenters. The molecular weight excluding hydrogens is 755 g/mol. The summed E-state index contributed by atoms with van der Waals surface area (Å²) in [6, 6.07) is -1.01. The molecule has 0 spiro atoms. The monoisotopic (exact) mass is 862 g/mol. The van der Waals surface area contributed by atoms with Gasteiger partial charge >= 0.3 is 0 Å². The van der Waals surface area contributed by atoms with E-state index in [-0.39, 0.29) is 0 Å². The Morgan fingerprint density at radius 2 is 0.689 bits per heavy atom. The molecule has 1 amide bonds. The number of allylic oxidation sites excluding steroid dienone is 4. The zero-order chi connectivity index (χ0) is 44.5. The molecule has 0 aromatic carbocycles. The third-order valence-corrected chi connectivity index (χ3v) is 12.9. The molecule has 0 aromatic rings. The lowest BCUT2D eigenvalue weighted by Gasteiger charge is -2.27. The Morgan fingerprint density at radius 3 is 1.03 bits per heavy atom. The Balaban J connectivity index is 3.61. The van der Waals surface area contributed by atoms with Gasteiger partial charge in [0.15, 0.2) is 0 Å². The van der Waals surface area contributed by atoms with Crippen LogP contribution in [0.2, 0.25) is 0 Å². The highest BCUT2D eigenvalue weighted by molar-refractivity contribution is 5.80. The Morgan fingerprint density at radius 1 is 0.393 bits per heavy atom. The number of aliphatic hydroxyl groups is 4. The van der Waals surface area contributed by atoms with Crippen molar-refractivity contribution in [1.29, 1.82) is 0 Å². The molecule has 5 N–H and O–H groups in total. The van der Waals surface area contributed by atoms with E-state index in [1.165, 1.54) is 218 Å². The number of carbonyl (C=O) groups is 1. The summed E-state index contributed by atoms with van der Waals surface area (Å²) in [5.41, 5.74) is 0. The van der Waals surface area contributed by atoms with Gasteiger partial charge in [0, 0.05) is 0 Å². The molecule has 61 heavy (non-hydrogen) atoms. The largest absolute Gasteiger partial charge is 0.394 e. The average Bonchev–Trinajstić information content (AvgIpc) is 3.26. The van der Waals surface area contributed by atoms with E-state index in [4.69, 9.17) is 0 Å². The third kappa shape index (κ3) is 43.8. The van der Waals surface area contributed by atoms with Gasteiger partial charge in [-0.1, -0.05) is 263 Å². The number of hydrogen-bond acceptors (Lipinski definition) is 5. The molecule has 6 nitrogen and oxygen atoms in total. The molecule has 0 aliphatic heterocycles. The van der Waals surface area contributed by atoms with Gasteiger partial charge in [0.2, 0.25) is 5.91 Å². The molecule has 0 heterocycles. The van der Waals surface area contributed by atoms with E-state index >= 15 is 0 Å². The molecule has 4 unspecified atom stereocenters. The summed E-state index contributed by atoms with van der Waals surface area (Å²) in [4.78, 5) is 12.6. The standard InChI is InChI=1S/C55H107NO5/c1-3-5-7-9-11-13-15-17-19-21-22-23-24-25-26-27-28-29-30-31-32-33-35-37-39-41-43-45-47-49-53(59)55(61)56-51(50-57)54(60)52(58)48-46-44-42-40-38-36-34-20-18-16-14-12-10-8-6-4-2/h20,34,40,42,51-54,57-60H,3-19,21-33,35-39,41,43-50H2,1-2H3,(H,56,61)/b34-20+,42-40+. The lowest BCUT2D eigenvalue weighted by Crippen LogP contribution is -2.53. The first-order valence-electron chi connectivity index (χ1n) is 27.2. The minimum Gasteiger partial charge on any atom is -0.394 e. The molecule has 362 valence electrons. The van der Waals surface area contributed by atoms with Gasteiger partial charge in [-0.05, 0) is 51.4 Å². The topological polar surface area (TPSA) is 110 Å². The highest BCUT2D eigenvalue weighted by Crippen LogP contribution is 2.18. The first kappa shape index (κ1) is 59.8. The number of amides is 1. The van der Waals surface area contributed by atoms with E-state index in [9.17, 15) is 25.2 Å². The van der Waals surface area contributed by atoms with Crippen LogP contribution in [0.5, 0.6) is 0 Å². The van der Waals surface area contributed by atoms with Gasteiger partial charge in [-0.15, -0.1) is 0 Å². The molecule has 0 saturated carbocycles. The van der Waals surface area contributed by atoms with E-state index in [0.29, 0.717) is 19.3 Å². The lowest BCUT2D eigenvalue weighted by atomic mass is 10.00. The number of carbonyl (C=O) groups excluding carboxylic acids is 1. The van der Waals surface area contributed by atoms with Crippen LogP contribution >= 0.6 is 0 Å². The van der Waals surface area contributed by atoms with Crippen LogP contribution in [0.1, 0.15) is 290 Å². The van der Waals surface area contributed by atoms with Crippen LogP contribution in [0, 0.1) is 0 Å². The zero-order valence-corrected chi connectivity index (χ0v) is 40.9. The Hall–Kier alpha value is -1.21. The highest BCUT2D eigenvalue weighted by Gasteiger charge is 2.28. The highest BCUT2D eigenvalue weighted by atomic mass is 16.3. The summed E-state index contributed by atoms with van der Waals surface area (Å²) in [5, 5.41) is 43.8. The second kappa shape index (κ2) is 49.8. The summed E-state index contributed by atoms with van der Waals surface area (Å²) in [6.45, 7) is 4.06. The maximum Gasteiger partial charge on any atom is 0.249 e. The predicted molar refractivity (Wildman–Crippen MR) is 265 cm³/mol. The van der Waals surface area contributed by atoms with Crippen molar-refractivity contribution in [2.75, 3.05) is 6.61 Å². The molecule has 0 bridgehead atoms. The Bertz CT molecular complexity index is 924. The summed E-state index contributed by atoms with van der Waals surface area (Å²) in [6.07, 6.45) is 59.6. The molecule has 0 aliphatic carbocycles. The van der Waals surface area contributed by atoms with Gasteiger partial charge < -0.3 is 25.7 Å². The van der Waals surface area contributed by atoms with Gasteiger partial charge in [-0.2, -0.15) is 0 Å². The Kier molecular flexibility index (Phi) is 48.8. The summed E-state index contributed by atoms with van der Waals surface area (Å²) in [5.74, 6) is -0.593. The Labute approximate surface area is 380 Å². The molecular formula is C55H107NO5. The van der Waals surface area contributed by atoms with Crippen molar-refractivity contribution in [3.8, 4) is 0 Å². The minimum atomic E-state index is -1.29. The van der Waals surface area contributed by atoms with Crippen molar-refractivity contribution < 1.29 is 25.2 Å². The fraction of sp³-hybridized carbons (Fsp3) is 0.909. The maximum atomic E-state index is 12.6. The van der Waals surface area contributed by atoms with Crippen LogP contribution in [-0.2, 0) is 4.79 Å². The molecule has 0 rings (SSSR count). The van der Waals surface area contributed by atoms with Crippen molar-refractivity contribution in [3.05, 3.63) is 24.3 Å². The SMILES string of the molecule is CCCCCCCCC/C=C/CC/C=C/CCCC(O)C(O)C(CO)NC(=O)C(O)CCCCCCCCCCCCCCCCCCCCCCCCCCCCCCC. The van der Waals surface area contributed by atoms with Crippen LogP contribution in [0.3, 0.4) is 0 Å². The van der Waals surface area contributed by atoms with Crippen molar-refractivity contribution in [3.63, 3.8) is 0 Å². The third-order valence-electron chi connectivity index (χ3n) is 12.9. The van der Waals surface area contributed by atoms with E-state index in [1.807, 2.05) is 0 Å². The molecule has 6 heteroatoms. The summed E-state index contributed by atoms with van der Waals surface area (Å²) < 4.78 is 0. The van der Waals surface area contributed by atoms with Crippen LogP contribution in [0.4, 0.5) is 0 Å². The number of nitrogens with one attached hydrogen (secondary N) is 1. The van der Waals surface area contributed by atoms with Crippen molar-refractivity contribution >= 4 is 5.91 Å². The van der Waals surface area contributed by atoms with Gasteiger partial charge in [-0.25, -0.2) is 0 Å².